The number of esters is 3. The van der Waals surface area contributed by atoms with E-state index in [1.807, 2.05) is 0 Å². The minimum absolute atomic E-state index is 0.0946. The maximum absolute atomic E-state index is 12.7. The van der Waals surface area contributed by atoms with Crippen molar-refractivity contribution in [2.75, 3.05) is 13.2 Å². The lowest BCUT2D eigenvalue weighted by molar-refractivity contribution is -0.167. The first kappa shape index (κ1) is 55.3. The molecular weight excluding hydrogens is 733 g/mol. The summed E-state index contributed by atoms with van der Waals surface area (Å²) < 4.78 is 16.6. The Balaban J connectivity index is 4.29. The Kier molecular flexibility index (Phi) is 44.1. The lowest BCUT2D eigenvalue weighted by atomic mass is 10.1. The fourth-order valence-corrected chi connectivity index (χ4v) is 6.07. The van der Waals surface area contributed by atoms with Gasteiger partial charge in [-0.15, -0.1) is 0 Å². The molecule has 0 bridgehead atoms. The first-order valence-corrected chi connectivity index (χ1v) is 23.7. The highest BCUT2D eigenvalue weighted by molar-refractivity contribution is 5.71. The largest absolute Gasteiger partial charge is 0.462 e. The summed E-state index contributed by atoms with van der Waals surface area (Å²) in [5.74, 6) is -0.955. The van der Waals surface area contributed by atoms with Gasteiger partial charge in [0.25, 0.3) is 0 Å². The van der Waals surface area contributed by atoms with E-state index >= 15 is 0 Å². The van der Waals surface area contributed by atoms with E-state index in [2.05, 4.69) is 118 Å². The minimum atomic E-state index is -0.793. The van der Waals surface area contributed by atoms with Crippen molar-refractivity contribution in [1.29, 1.82) is 0 Å². The number of carbonyl (C=O) groups excluding carboxylic acids is 3. The van der Waals surface area contributed by atoms with Crippen LogP contribution in [0.4, 0.5) is 0 Å². The van der Waals surface area contributed by atoms with Gasteiger partial charge in [-0.05, 0) is 96.3 Å². The average molecular weight is 819 g/mol. The molecule has 0 heterocycles. The summed E-state index contributed by atoms with van der Waals surface area (Å²) in [6, 6.07) is 0. The molecule has 0 aliphatic rings. The molecule has 0 radical (unpaired) electrons. The Bertz CT molecular complexity index is 1220. The normalized spacial score (nSPS) is 12.9. The molecule has 0 aromatic heterocycles. The summed E-state index contributed by atoms with van der Waals surface area (Å²) in [7, 11) is 0. The summed E-state index contributed by atoms with van der Waals surface area (Å²) in [5, 5.41) is 0. The fourth-order valence-electron chi connectivity index (χ4n) is 6.07. The zero-order chi connectivity index (χ0) is 43.0. The fraction of sp³-hybridized carbons (Fsp3) is 0.642. The third-order valence-electron chi connectivity index (χ3n) is 9.58. The van der Waals surface area contributed by atoms with Crippen LogP contribution in [0.25, 0.3) is 0 Å². The number of rotatable bonds is 41. The second-order valence-electron chi connectivity index (χ2n) is 15.3. The molecule has 0 fully saturated rings. The highest BCUT2D eigenvalue weighted by atomic mass is 16.6. The van der Waals surface area contributed by atoms with Crippen LogP contribution in [0.5, 0.6) is 0 Å². The van der Waals surface area contributed by atoms with Crippen molar-refractivity contribution in [3.63, 3.8) is 0 Å². The van der Waals surface area contributed by atoms with Crippen LogP contribution >= 0.6 is 0 Å². The molecule has 1 atom stereocenters. The molecule has 0 aromatic carbocycles. The van der Waals surface area contributed by atoms with Gasteiger partial charge in [0.1, 0.15) is 13.2 Å². The van der Waals surface area contributed by atoms with Gasteiger partial charge in [0, 0.05) is 19.3 Å². The Morgan fingerprint density at radius 3 is 1.03 bits per heavy atom. The van der Waals surface area contributed by atoms with Crippen molar-refractivity contribution >= 4 is 17.9 Å². The summed E-state index contributed by atoms with van der Waals surface area (Å²) in [4.78, 5) is 37.6. The number of allylic oxidation sites excluding steroid dienone is 16. The lowest BCUT2D eigenvalue weighted by Gasteiger charge is -2.18. The quantitative estimate of drug-likeness (QED) is 0.0265. The van der Waals surface area contributed by atoms with Gasteiger partial charge in [0.05, 0.1) is 0 Å². The SMILES string of the molecule is CC/C=C\C/C=C\C/C=C\C/C=C\CCCCCCCCC(=O)OCC(COC(=O)CCCCCCC)OC(=O)CCCCCC/C=C\C/C=C\C/C=C\C/C=C\CC. The van der Waals surface area contributed by atoms with E-state index in [4.69, 9.17) is 14.2 Å². The molecule has 0 aromatic rings. The monoisotopic (exact) mass is 819 g/mol. The first-order valence-electron chi connectivity index (χ1n) is 23.7. The molecule has 0 N–H and O–H groups in total. The van der Waals surface area contributed by atoms with Crippen LogP contribution in [0.2, 0.25) is 0 Å². The Hall–Kier alpha value is -3.67. The highest BCUT2D eigenvalue weighted by Gasteiger charge is 2.19. The maximum Gasteiger partial charge on any atom is 0.306 e. The van der Waals surface area contributed by atoms with Crippen molar-refractivity contribution in [3.8, 4) is 0 Å². The lowest BCUT2D eigenvalue weighted by Crippen LogP contribution is -2.30. The standard InChI is InChI=1S/C53H86O6/c1-4-7-10-13-15-17-19-21-23-25-26-28-29-31-33-35-37-40-43-46-52(55)58-49-50(48-57-51(54)45-42-39-12-9-6-3)59-53(56)47-44-41-38-36-34-32-30-27-24-22-20-18-16-14-11-8-5-2/h7-8,10-11,15-18,21-24,26,28,30,32,50H,4-6,9,12-14,19-20,25,27,29,31,33-49H2,1-3H3/b10-7-,11-8-,17-15-,18-16-,23-21-,24-22-,28-26-,32-30-. The Labute approximate surface area is 362 Å². The van der Waals surface area contributed by atoms with Crippen LogP contribution in [-0.4, -0.2) is 37.2 Å². The third kappa shape index (κ3) is 45.3. The van der Waals surface area contributed by atoms with Crippen LogP contribution in [-0.2, 0) is 28.6 Å². The van der Waals surface area contributed by atoms with Gasteiger partial charge in [-0.3, -0.25) is 14.4 Å². The molecule has 0 saturated carbocycles. The number of hydrogen-bond acceptors (Lipinski definition) is 6. The van der Waals surface area contributed by atoms with E-state index in [0.29, 0.717) is 19.3 Å². The first-order chi connectivity index (χ1) is 29.0. The van der Waals surface area contributed by atoms with Crippen LogP contribution in [0, 0.1) is 0 Å². The van der Waals surface area contributed by atoms with Gasteiger partial charge in [0.15, 0.2) is 6.10 Å². The molecule has 0 aliphatic carbocycles. The van der Waals surface area contributed by atoms with Crippen molar-refractivity contribution in [2.45, 2.75) is 207 Å². The molecule has 0 spiro atoms. The van der Waals surface area contributed by atoms with E-state index in [1.54, 1.807) is 0 Å². The zero-order valence-electron chi connectivity index (χ0n) is 38.0. The summed E-state index contributed by atoms with van der Waals surface area (Å²) >= 11 is 0. The van der Waals surface area contributed by atoms with Crippen molar-refractivity contribution < 1.29 is 28.6 Å². The summed E-state index contributed by atoms with van der Waals surface area (Å²) in [6.07, 6.45) is 61.3. The number of unbranched alkanes of at least 4 members (excludes halogenated alkanes) is 14. The Morgan fingerprint density at radius 1 is 0.356 bits per heavy atom. The molecule has 0 rings (SSSR count). The molecule has 334 valence electrons. The van der Waals surface area contributed by atoms with E-state index in [9.17, 15) is 14.4 Å². The molecular formula is C53H86O6. The number of carbonyl (C=O) groups is 3. The van der Waals surface area contributed by atoms with Gasteiger partial charge < -0.3 is 14.2 Å². The van der Waals surface area contributed by atoms with Gasteiger partial charge in [0.2, 0.25) is 0 Å². The van der Waals surface area contributed by atoms with Crippen LogP contribution in [0.1, 0.15) is 201 Å². The van der Waals surface area contributed by atoms with Gasteiger partial charge in [-0.25, -0.2) is 0 Å². The van der Waals surface area contributed by atoms with Crippen LogP contribution < -0.4 is 0 Å². The van der Waals surface area contributed by atoms with E-state index in [1.165, 1.54) is 12.8 Å². The average Bonchev–Trinajstić information content (AvgIpc) is 3.23. The van der Waals surface area contributed by atoms with E-state index in [0.717, 1.165) is 148 Å². The van der Waals surface area contributed by atoms with Gasteiger partial charge in [-0.1, -0.05) is 182 Å². The highest BCUT2D eigenvalue weighted by Crippen LogP contribution is 2.12. The molecule has 6 heteroatoms. The number of ether oxygens (including phenoxy) is 3. The minimum Gasteiger partial charge on any atom is -0.462 e. The summed E-state index contributed by atoms with van der Waals surface area (Å²) in [6.45, 7) is 6.27. The van der Waals surface area contributed by atoms with Gasteiger partial charge in [-0.2, -0.15) is 0 Å². The molecule has 0 amide bonds. The zero-order valence-corrected chi connectivity index (χ0v) is 38.0. The van der Waals surface area contributed by atoms with E-state index in [-0.39, 0.29) is 31.1 Å². The predicted molar refractivity (Wildman–Crippen MR) is 251 cm³/mol. The number of hydrogen-bond donors (Lipinski definition) is 0. The smallest absolute Gasteiger partial charge is 0.306 e. The second kappa shape index (κ2) is 47.0. The topological polar surface area (TPSA) is 78.9 Å². The van der Waals surface area contributed by atoms with E-state index < -0.39 is 6.10 Å². The van der Waals surface area contributed by atoms with Crippen LogP contribution in [0.3, 0.4) is 0 Å². The van der Waals surface area contributed by atoms with Crippen molar-refractivity contribution in [2.24, 2.45) is 0 Å². The second-order valence-corrected chi connectivity index (χ2v) is 15.3. The van der Waals surface area contributed by atoms with Gasteiger partial charge >= 0.3 is 17.9 Å². The molecule has 1 unspecified atom stereocenters. The van der Waals surface area contributed by atoms with Crippen LogP contribution in [0.15, 0.2) is 97.2 Å². The Morgan fingerprint density at radius 2 is 0.661 bits per heavy atom. The summed E-state index contributed by atoms with van der Waals surface area (Å²) in [5.41, 5.74) is 0. The molecule has 0 saturated heterocycles. The van der Waals surface area contributed by atoms with Crippen molar-refractivity contribution in [1.82, 2.24) is 0 Å². The molecule has 6 nitrogen and oxygen atoms in total. The van der Waals surface area contributed by atoms with Crippen molar-refractivity contribution in [3.05, 3.63) is 97.2 Å². The molecule has 0 aliphatic heterocycles. The predicted octanol–water partition coefficient (Wildman–Crippen LogP) is 15.4. The third-order valence-corrected chi connectivity index (χ3v) is 9.58. The maximum atomic E-state index is 12.7. The molecule has 59 heavy (non-hydrogen) atoms.